The molecule has 0 radical (unpaired) electrons. The molecule has 19 heavy (non-hydrogen) atoms. The number of thioether (sulfide) groups is 1. The number of aromatic carboxylic acids is 1. The van der Waals surface area contributed by atoms with Gasteiger partial charge in [0.15, 0.2) is 0 Å². The first-order valence-corrected chi connectivity index (χ1v) is 7.20. The molecule has 1 N–H and O–H groups in total. The summed E-state index contributed by atoms with van der Waals surface area (Å²) in [6, 6.07) is 12.2. The van der Waals surface area contributed by atoms with Gasteiger partial charge in [-0.25, -0.2) is 4.79 Å². The van der Waals surface area contributed by atoms with Gasteiger partial charge in [0, 0.05) is 20.7 Å². The van der Waals surface area contributed by atoms with Gasteiger partial charge < -0.3 is 5.11 Å². The third-order valence-electron chi connectivity index (χ3n) is 2.42. The maximum atomic E-state index is 10.9. The lowest BCUT2D eigenvalue weighted by Crippen LogP contribution is -1.96. The molecule has 0 amide bonds. The first-order chi connectivity index (χ1) is 9.04. The van der Waals surface area contributed by atoms with E-state index in [4.69, 9.17) is 28.3 Å². The highest BCUT2D eigenvalue weighted by Crippen LogP contribution is 2.29. The summed E-state index contributed by atoms with van der Waals surface area (Å²) in [5, 5.41) is 10.1. The summed E-state index contributed by atoms with van der Waals surface area (Å²) in [5.41, 5.74) is 1.24. The highest BCUT2D eigenvalue weighted by Gasteiger charge is 2.04. The van der Waals surface area contributed by atoms with Crippen molar-refractivity contribution in [2.24, 2.45) is 0 Å². The number of carboxylic acid groups (broad SMARTS) is 1. The number of hydrogen-bond donors (Lipinski definition) is 1. The minimum Gasteiger partial charge on any atom is -0.478 e. The van der Waals surface area contributed by atoms with Crippen molar-refractivity contribution in [1.29, 1.82) is 0 Å². The van der Waals surface area contributed by atoms with Crippen molar-refractivity contribution in [1.82, 2.24) is 0 Å². The minimum atomic E-state index is -0.919. The van der Waals surface area contributed by atoms with Gasteiger partial charge in [0.25, 0.3) is 0 Å². The Hall–Kier alpha value is -1.16. The normalized spacial score (nSPS) is 10.4. The smallest absolute Gasteiger partial charge is 0.335 e. The number of benzene rings is 2. The zero-order valence-corrected chi connectivity index (χ0v) is 12.1. The Morgan fingerprint density at radius 3 is 2.42 bits per heavy atom. The van der Waals surface area contributed by atoms with Crippen molar-refractivity contribution < 1.29 is 9.90 Å². The lowest BCUT2D eigenvalue weighted by Gasteiger charge is -2.04. The molecule has 0 aliphatic rings. The molecule has 0 aliphatic carbocycles. The number of carbonyl (C=O) groups is 1. The van der Waals surface area contributed by atoms with E-state index in [1.165, 1.54) is 0 Å². The fourth-order valence-corrected chi connectivity index (χ4v) is 3.16. The van der Waals surface area contributed by atoms with Gasteiger partial charge in [-0.15, -0.1) is 11.8 Å². The van der Waals surface area contributed by atoms with Crippen molar-refractivity contribution >= 4 is 40.9 Å². The monoisotopic (exact) mass is 312 g/mol. The Labute approximate surface area is 125 Å². The van der Waals surface area contributed by atoms with Crippen LogP contribution in [0.5, 0.6) is 0 Å². The highest BCUT2D eigenvalue weighted by atomic mass is 35.5. The van der Waals surface area contributed by atoms with Crippen molar-refractivity contribution in [2.45, 2.75) is 10.6 Å². The Morgan fingerprint density at radius 1 is 1.11 bits per heavy atom. The standard InChI is InChI=1S/C14H10Cl2O2S/c15-11-5-12(16)7-13(6-11)19-8-9-2-1-3-10(4-9)14(17)18/h1-7H,8H2,(H,17,18). The van der Waals surface area contributed by atoms with Gasteiger partial charge in [-0.05, 0) is 35.9 Å². The maximum Gasteiger partial charge on any atom is 0.335 e. The Balaban J connectivity index is 2.10. The van der Waals surface area contributed by atoms with Crippen molar-refractivity contribution in [3.05, 3.63) is 63.6 Å². The van der Waals surface area contributed by atoms with Crippen LogP contribution in [-0.4, -0.2) is 11.1 Å². The van der Waals surface area contributed by atoms with E-state index in [0.717, 1.165) is 10.5 Å². The van der Waals surface area contributed by atoms with Crippen LogP contribution in [0.4, 0.5) is 0 Å². The summed E-state index contributed by atoms with van der Waals surface area (Å²) in [6.07, 6.45) is 0. The minimum absolute atomic E-state index is 0.294. The molecular formula is C14H10Cl2O2S. The van der Waals surface area contributed by atoms with Gasteiger partial charge in [0.1, 0.15) is 0 Å². The molecule has 2 rings (SSSR count). The van der Waals surface area contributed by atoms with E-state index in [1.54, 1.807) is 36.0 Å². The summed E-state index contributed by atoms with van der Waals surface area (Å²) in [5.74, 6) is -0.254. The van der Waals surface area contributed by atoms with Crippen LogP contribution < -0.4 is 0 Å². The van der Waals surface area contributed by atoms with Crippen molar-refractivity contribution in [2.75, 3.05) is 0 Å². The molecule has 2 aromatic rings. The van der Waals surface area contributed by atoms with E-state index in [2.05, 4.69) is 0 Å². The second-order valence-corrected chi connectivity index (χ2v) is 5.82. The molecule has 98 valence electrons. The van der Waals surface area contributed by atoms with E-state index in [-0.39, 0.29) is 0 Å². The fraction of sp³-hybridized carbons (Fsp3) is 0.0714. The summed E-state index contributed by atoms with van der Waals surface area (Å²) in [7, 11) is 0. The largest absolute Gasteiger partial charge is 0.478 e. The van der Waals surface area contributed by atoms with Crippen LogP contribution in [0.15, 0.2) is 47.4 Å². The third kappa shape index (κ3) is 4.16. The van der Waals surface area contributed by atoms with Crippen molar-refractivity contribution in [3.63, 3.8) is 0 Å². The van der Waals surface area contributed by atoms with Gasteiger partial charge in [0.2, 0.25) is 0 Å². The molecular weight excluding hydrogens is 303 g/mol. The number of carboxylic acids is 1. The SMILES string of the molecule is O=C(O)c1cccc(CSc2cc(Cl)cc(Cl)c2)c1. The molecule has 0 atom stereocenters. The van der Waals surface area contributed by atoms with E-state index in [9.17, 15) is 4.79 Å². The molecule has 0 heterocycles. The molecule has 0 aliphatic heterocycles. The van der Waals surface area contributed by atoms with E-state index >= 15 is 0 Å². The topological polar surface area (TPSA) is 37.3 Å². The molecule has 0 saturated carbocycles. The predicted molar refractivity (Wildman–Crippen MR) is 79.4 cm³/mol. The molecule has 0 spiro atoms. The average Bonchev–Trinajstić information content (AvgIpc) is 2.35. The zero-order chi connectivity index (χ0) is 13.8. The van der Waals surface area contributed by atoms with Crippen LogP contribution in [0.3, 0.4) is 0 Å². The van der Waals surface area contributed by atoms with E-state index in [1.807, 2.05) is 18.2 Å². The molecule has 5 heteroatoms. The Bertz CT molecular complexity index is 594. The summed E-state index contributed by atoms with van der Waals surface area (Å²) in [4.78, 5) is 11.8. The van der Waals surface area contributed by atoms with E-state index < -0.39 is 5.97 Å². The lowest BCUT2D eigenvalue weighted by atomic mass is 10.1. The summed E-state index contributed by atoms with van der Waals surface area (Å²) >= 11 is 13.4. The lowest BCUT2D eigenvalue weighted by molar-refractivity contribution is 0.0697. The summed E-state index contributed by atoms with van der Waals surface area (Å²) in [6.45, 7) is 0. The van der Waals surface area contributed by atoms with Gasteiger partial charge in [-0.1, -0.05) is 35.3 Å². The molecule has 0 aromatic heterocycles. The average molecular weight is 313 g/mol. The first kappa shape index (κ1) is 14.3. The zero-order valence-electron chi connectivity index (χ0n) is 9.77. The maximum absolute atomic E-state index is 10.9. The molecule has 0 saturated heterocycles. The van der Waals surface area contributed by atoms with Crippen molar-refractivity contribution in [3.8, 4) is 0 Å². The molecule has 2 aromatic carbocycles. The van der Waals surface area contributed by atoms with Gasteiger partial charge in [-0.3, -0.25) is 0 Å². The number of halogens is 2. The van der Waals surface area contributed by atoms with Crippen LogP contribution in [0.1, 0.15) is 15.9 Å². The quantitative estimate of drug-likeness (QED) is 0.809. The second kappa shape index (κ2) is 6.33. The second-order valence-electron chi connectivity index (χ2n) is 3.90. The van der Waals surface area contributed by atoms with Crippen LogP contribution >= 0.6 is 35.0 Å². The molecule has 0 fully saturated rings. The van der Waals surface area contributed by atoms with Gasteiger partial charge in [-0.2, -0.15) is 0 Å². The van der Waals surface area contributed by atoms with Crippen LogP contribution in [0.25, 0.3) is 0 Å². The first-order valence-electron chi connectivity index (χ1n) is 5.46. The number of rotatable bonds is 4. The van der Waals surface area contributed by atoms with Gasteiger partial charge in [0.05, 0.1) is 5.56 Å². The molecule has 0 bridgehead atoms. The Morgan fingerprint density at radius 2 is 1.79 bits per heavy atom. The molecule has 2 nitrogen and oxygen atoms in total. The highest BCUT2D eigenvalue weighted by molar-refractivity contribution is 7.98. The Kier molecular flexibility index (Phi) is 4.75. The molecule has 0 unspecified atom stereocenters. The van der Waals surface area contributed by atoms with Crippen LogP contribution in [0.2, 0.25) is 10.0 Å². The van der Waals surface area contributed by atoms with Gasteiger partial charge >= 0.3 is 5.97 Å². The van der Waals surface area contributed by atoms with Crippen LogP contribution in [0, 0.1) is 0 Å². The summed E-state index contributed by atoms with van der Waals surface area (Å²) < 4.78 is 0. The number of hydrogen-bond acceptors (Lipinski definition) is 2. The third-order valence-corrected chi connectivity index (χ3v) is 3.90. The van der Waals surface area contributed by atoms with Crippen LogP contribution in [-0.2, 0) is 5.75 Å². The fourth-order valence-electron chi connectivity index (χ4n) is 1.57. The predicted octanol–water partition coefficient (Wildman–Crippen LogP) is 4.98. The van der Waals surface area contributed by atoms with E-state index in [0.29, 0.717) is 21.4 Å².